The zero-order valence-electron chi connectivity index (χ0n) is 9.20. The van der Waals surface area contributed by atoms with Gasteiger partial charge in [-0.15, -0.1) is 0 Å². The number of anilines is 1. The lowest BCUT2D eigenvalue weighted by atomic mass is 10.1. The highest BCUT2D eigenvalue weighted by molar-refractivity contribution is 6.32. The van der Waals surface area contributed by atoms with E-state index in [1.54, 1.807) is 6.07 Å². The molecule has 4 heteroatoms. The van der Waals surface area contributed by atoms with Gasteiger partial charge < -0.3 is 10.2 Å². The van der Waals surface area contributed by atoms with E-state index in [9.17, 15) is 0 Å². The molecule has 1 fully saturated rings. The molecule has 0 bridgehead atoms. The molecule has 1 aromatic carbocycles. The highest BCUT2D eigenvalue weighted by atomic mass is 35.5. The van der Waals surface area contributed by atoms with Gasteiger partial charge in [-0.1, -0.05) is 11.6 Å². The summed E-state index contributed by atoms with van der Waals surface area (Å²) >= 11 is 6.02. The molecule has 1 aliphatic heterocycles. The van der Waals surface area contributed by atoms with Crippen LogP contribution in [0.15, 0.2) is 18.2 Å². The second-order valence-electron chi connectivity index (χ2n) is 4.03. The fourth-order valence-electron chi connectivity index (χ4n) is 1.99. The van der Waals surface area contributed by atoms with Crippen molar-refractivity contribution in [2.75, 3.05) is 25.0 Å². The lowest BCUT2D eigenvalue weighted by Crippen LogP contribution is -2.33. The summed E-state index contributed by atoms with van der Waals surface area (Å²) in [5, 5.41) is 12.7. The summed E-state index contributed by atoms with van der Waals surface area (Å²) in [5.74, 6) is 0. The van der Waals surface area contributed by atoms with E-state index >= 15 is 0 Å². The normalized spacial score (nSPS) is 19.4. The van der Waals surface area contributed by atoms with Crippen molar-refractivity contribution in [3.8, 4) is 6.07 Å². The number of benzene rings is 1. The van der Waals surface area contributed by atoms with Gasteiger partial charge in [0.1, 0.15) is 6.07 Å². The molecule has 0 amide bonds. The van der Waals surface area contributed by atoms with Crippen LogP contribution < -0.4 is 10.2 Å². The van der Waals surface area contributed by atoms with Crippen molar-refractivity contribution in [2.24, 2.45) is 0 Å². The minimum absolute atomic E-state index is 0.518. The van der Waals surface area contributed by atoms with E-state index in [1.165, 1.54) is 0 Å². The Hall–Kier alpha value is -1.24. The summed E-state index contributed by atoms with van der Waals surface area (Å²) in [6.07, 6.45) is 1.15. The van der Waals surface area contributed by atoms with E-state index < -0.39 is 0 Å². The van der Waals surface area contributed by atoms with E-state index in [4.69, 9.17) is 16.9 Å². The van der Waals surface area contributed by atoms with E-state index in [1.807, 2.05) is 12.1 Å². The van der Waals surface area contributed by atoms with Crippen LogP contribution in [0.2, 0.25) is 5.02 Å². The first-order valence-corrected chi connectivity index (χ1v) is 5.73. The van der Waals surface area contributed by atoms with E-state index in [2.05, 4.69) is 23.3 Å². The molecule has 1 unspecified atom stereocenters. The average molecular weight is 236 g/mol. The fraction of sp³-hybridized carbons (Fsp3) is 0.417. The Morgan fingerprint density at radius 1 is 1.56 bits per heavy atom. The minimum Gasteiger partial charge on any atom is -0.370 e. The standard InChI is InChI=1S/C12H14ClN3/c1-16(11-4-5-15-8-11)10-3-2-9(7-14)12(13)6-10/h2-3,6,11,15H,4-5,8H2,1H3. The average Bonchev–Trinajstić information content (AvgIpc) is 2.81. The van der Waals surface area contributed by atoms with Crippen LogP contribution in [0.4, 0.5) is 5.69 Å². The van der Waals surface area contributed by atoms with Crippen molar-refractivity contribution in [3.05, 3.63) is 28.8 Å². The first-order valence-electron chi connectivity index (χ1n) is 5.35. The first kappa shape index (κ1) is 11.3. The molecule has 1 heterocycles. The zero-order chi connectivity index (χ0) is 11.5. The van der Waals surface area contributed by atoms with Gasteiger partial charge in [-0.3, -0.25) is 0 Å². The van der Waals surface area contributed by atoms with Crippen LogP contribution in [0.25, 0.3) is 0 Å². The molecule has 0 spiro atoms. The fourth-order valence-corrected chi connectivity index (χ4v) is 2.21. The quantitative estimate of drug-likeness (QED) is 0.853. The van der Waals surface area contributed by atoms with Gasteiger partial charge in [-0.05, 0) is 31.2 Å². The van der Waals surface area contributed by atoms with Crippen LogP contribution in [-0.4, -0.2) is 26.2 Å². The van der Waals surface area contributed by atoms with E-state index in [0.717, 1.165) is 25.2 Å². The number of nitrogens with one attached hydrogen (secondary N) is 1. The number of likely N-dealkylation sites (N-methyl/N-ethyl adjacent to an activating group) is 1. The summed E-state index contributed by atoms with van der Waals surface area (Å²) in [6, 6.07) is 8.17. The monoisotopic (exact) mass is 235 g/mol. The van der Waals surface area contributed by atoms with Crippen LogP contribution in [0.5, 0.6) is 0 Å². The van der Waals surface area contributed by atoms with Crippen molar-refractivity contribution in [1.82, 2.24) is 5.32 Å². The van der Waals surface area contributed by atoms with Gasteiger partial charge >= 0.3 is 0 Å². The predicted octanol–water partition coefficient (Wildman–Crippen LogP) is 2.01. The van der Waals surface area contributed by atoms with Crippen molar-refractivity contribution in [3.63, 3.8) is 0 Å². The largest absolute Gasteiger partial charge is 0.370 e. The molecule has 1 saturated heterocycles. The summed E-state index contributed by atoms with van der Waals surface area (Å²) in [7, 11) is 2.06. The first-order chi connectivity index (χ1) is 7.72. The second-order valence-corrected chi connectivity index (χ2v) is 4.44. The van der Waals surface area contributed by atoms with Crippen LogP contribution >= 0.6 is 11.6 Å². The SMILES string of the molecule is CN(c1ccc(C#N)c(Cl)c1)C1CCNC1. The molecule has 1 aromatic rings. The van der Waals surface area contributed by atoms with E-state index in [-0.39, 0.29) is 0 Å². The summed E-state index contributed by atoms with van der Waals surface area (Å²) in [4.78, 5) is 2.22. The van der Waals surface area contributed by atoms with Gasteiger partial charge in [-0.2, -0.15) is 5.26 Å². The molecule has 3 nitrogen and oxygen atoms in total. The van der Waals surface area contributed by atoms with Crippen LogP contribution in [0.1, 0.15) is 12.0 Å². The highest BCUT2D eigenvalue weighted by Gasteiger charge is 2.19. The number of hydrogen-bond donors (Lipinski definition) is 1. The Morgan fingerprint density at radius 3 is 2.94 bits per heavy atom. The van der Waals surface area contributed by atoms with Gasteiger partial charge in [0, 0.05) is 25.3 Å². The van der Waals surface area contributed by atoms with Crippen LogP contribution in [0, 0.1) is 11.3 Å². The molecule has 1 atom stereocenters. The molecule has 0 aromatic heterocycles. The number of nitrogens with zero attached hydrogens (tertiary/aromatic N) is 2. The Bertz CT molecular complexity index is 419. The summed E-state index contributed by atoms with van der Waals surface area (Å²) in [5.41, 5.74) is 1.60. The Labute approximate surface area is 101 Å². The molecular weight excluding hydrogens is 222 g/mol. The molecule has 0 saturated carbocycles. The maximum atomic E-state index is 8.80. The molecule has 84 valence electrons. The molecule has 1 N–H and O–H groups in total. The smallest absolute Gasteiger partial charge is 0.101 e. The Kier molecular flexibility index (Phi) is 3.33. The second kappa shape index (κ2) is 4.73. The molecule has 0 radical (unpaired) electrons. The van der Waals surface area contributed by atoms with Gasteiger partial charge in [0.05, 0.1) is 10.6 Å². The molecule has 16 heavy (non-hydrogen) atoms. The minimum atomic E-state index is 0.518. The number of hydrogen-bond acceptors (Lipinski definition) is 3. The van der Waals surface area contributed by atoms with Gasteiger partial charge in [-0.25, -0.2) is 0 Å². The third-order valence-electron chi connectivity index (χ3n) is 3.06. The third-order valence-corrected chi connectivity index (χ3v) is 3.38. The molecular formula is C12H14ClN3. The van der Waals surface area contributed by atoms with E-state index in [0.29, 0.717) is 16.6 Å². The summed E-state index contributed by atoms with van der Waals surface area (Å²) in [6.45, 7) is 2.08. The highest BCUT2D eigenvalue weighted by Crippen LogP contribution is 2.24. The van der Waals surface area contributed by atoms with Crippen molar-refractivity contribution >= 4 is 17.3 Å². The number of rotatable bonds is 2. The maximum Gasteiger partial charge on any atom is 0.101 e. The van der Waals surface area contributed by atoms with Gasteiger partial charge in [0.2, 0.25) is 0 Å². The van der Waals surface area contributed by atoms with Crippen molar-refractivity contribution < 1.29 is 0 Å². The lowest BCUT2D eigenvalue weighted by Gasteiger charge is -2.26. The topological polar surface area (TPSA) is 39.1 Å². The molecule has 0 aliphatic carbocycles. The van der Waals surface area contributed by atoms with Crippen molar-refractivity contribution in [2.45, 2.75) is 12.5 Å². The number of halogens is 1. The summed E-state index contributed by atoms with van der Waals surface area (Å²) < 4.78 is 0. The van der Waals surface area contributed by atoms with Crippen molar-refractivity contribution in [1.29, 1.82) is 5.26 Å². The van der Waals surface area contributed by atoms with Gasteiger partial charge in [0.15, 0.2) is 0 Å². The molecule has 2 rings (SSSR count). The predicted molar refractivity (Wildman–Crippen MR) is 65.8 cm³/mol. The Morgan fingerprint density at radius 2 is 2.38 bits per heavy atom. The number of nitriles is 1. The maximum absolute atomic E-state index is 8.80. The zero-order valence-corrected chi connectivity index (χ0v) is 9.96. The third kappa shape index (κ3) is 2.13. The Balaban J connectivity index is 2.20. The van der Waals surface area contributed by atoms with Crippen LogP contribution in [-0.2, 0) is 0 Å². The molecule has 1 aliphatic rings. The lowest BCUT2D eigenvalue weighted by molar-refractivity contribution is 0.686. The van der Waals surface area contributed by atoms with Gasteiger partial charge in [0.25, 0.3) is 0 Å². The van der Waals surface area contributed by atoms with Crippen LogP contribution in [0.3, 0.4) is 0 Å².